The zero-order valence-corrected chi connectivity index (χ0v) is 11.1. The van der Waals surface area contributed by atoms with Gasteiger partial charge in [-0.05, 0) is 19.1 Å². The number of aromatic nitrogens is 2. The maximum Gasteiger partial charge on any atom is 0.224 e. The summed E-state index contributed by atoms with van der Waals surface area (Å²) >= 11 is 6.15. The van der Waals surface area contributed by atoms with Crippen LogP contribution in [0.5, 0.6) is 0 Å². The molecule has 0 bridgehead atoms. The van der Waals surface area contributed by atoms with Crippen LogP contribution in [0, 0.1) is 0 Å². The summed E-state index contributed by atoms with van der Waals surface area (Å²) < 4.78 is 0. The van der Waals surface area contributed by atoms with Crippen LogP contribution in [-0.2, 0) is 0 Å². The largest absolute Gasteiger partial charge is 0.354 e. The maximum atomic E-state index is 6.15. The Kier molecular flexibility index (Phi) is 3.99. The lowest BCUT2D eigenvalue weighted by Gasteiger charge is -2.19. The van der Waals surface area contributed by atoms with Gasteiger partial charge in [-0.15, -0.1) is 0 Å². The maximum absolute atomic E-state index is 6.15. The molecule has 5 heteroatoms. The summed E-state index contributed by atoms with van der Waals surface area (Å²) in [5, 5.41) is 3.60. The van der Waals surface area contributed by atoms with Gasteiger partial charge in [0.25, 0.3) is 0 Å². The van der Waals surface area contributed by atoms with Crippen molar-refractivity contribution >= 4 is 29.1 Å². The number of hydrogen-bond donors (Lipinski definition) is 1. The molecule has 0 saturated carbocycles. The molecule has 0 aliphatic carbocycles. The first-order chi connectivity index (χ1) is 8.72. The average Bonchev–Trinajstić information content (AvgIpc) is 2.41. The number of nitrogens with zero attached hydrogens (tertiary/aromatic N) is 3. The minimum Gasteiger partial charge on any atom is -0.354 e. The summed E-state index contributed by atoms with van der Waals surface area (Å²) in [5.41, 5.74) is 1.03. The Bertz CT molecular complexity index is 516. The second kappa shape index (κ2) is 5.69. The SMILES string of the molecule is CCNc1ncc(Cl)c(N(C)c2ccccc2)n1. The molecule has 0 amide bonds. The lowest BCUT2D eigenvalue weighted by atomic mass is 10.3. The summed E-state index contributed by atoms with van der Waals surface area (Å²) in [7, 11) is 1.93. The third-order valence-corrected chi connectivity index (χ3v) is 2.79. The molecule has 0 unspecified atom stereocenters. The van der Waals surface area contributed by atoms with Crippen molar-refractivity contribution in [3.8, 4) is 0 Å². The number of halogens is 1. The van der Waals surface area contributed by atoms with Gasteiger partial charge in [0.15, 0.2) is 5.82 Å². The van der Waals surface area contributed by atoms with E-state index in [1.54, 1.807) is 6.20 Å². The van der Waals surface area contributed by atoms with Crippen LogP contribution in [0.25, 0.3) is 0 Å². The Morgan fingerprint density at radius 1 is 1.28 bits per heavy atom. The van der Waals surface area contributed by atoms with E-state index in [9.17, 15) is 0 Å². The highest BCUT2D eigenvalue weighted by atomic mass is 35.5. The van der Waals surface area contributed by atoms with Gasteiger partial charge in [0.2, 0.25) is 5.95 Å². The molecule has 94 valence electrons. The Morgan fingerprint density at radius 2 is 2.00 bits per heavy atom. The number of para-hydroxylation sites is 1. The summed E-state index contributed by atoms with van der Waals surface area (Å²) in [6.07, 6.45) is 1.61. The van der Waals surface area contributed by atoms with Crippen LogP contribution >= 0.6 is 11.6 Å². The molecule has 0 aliphatic heterocycles. The van der Waals surface area contributed by atoms with E-state index in [1.807, 2.05) is 49.2 Å². The predicted octanol–water partition coefficient (Wildman–Crippen LogP) is 3.33. The fraction of sp³-hybridized carbons (Fsp3) is 0.231. The van der Waals surface area contributed by atoms with Crippen molar-refractivity contribution in [3.05, 3.63) is 41.6 Å². The van der Waals surface area contributed by atoms with Crippen LogP contribution in [0.1, 0.15) is 6.92 Å². The molecular formula is C13H15ClN4. The number of benzene rings is 1. The molecule has 0 saturated heterocycles. The second-order valence-electron chi connectivity index (χ2n) is 3.79. The van der Waals surface area contributed by atoms with Gasteiger partial charge < -0.3 is 10.2 Å². The van der Waals surface area contributed by atoms with Crippen molar-refractivity contribution in [1.29, 1.82) is 0 Å². The van der Waals surface area contributed by atoms with E-state index in [-0.39, 0.29) is 0 Å². The van der Waals surface area contributed by atoms with Gasteiger partial charge in [-0.25, -0.2) is 4.98 Å². The Hall–Kier alpha value is -1.81. The lowest BCUT2D eigenvalue weighted by molar-refractivity contribution is 1.05. The number of hydrogen-bond acceptors (Lipinski definition) is 4. The molecule has 18 heavy (non-hydrogen) atoms. The Balaban J connectivity index is 2.35. The van der Waals surface area contributed by atoms with Gasteiger partial charge in [-0.2, -0.15) is 4.98 Å². The van der Waals surface area contributed by atoms with Gasteiger partial charge in [0, 0.05) is 19.3 Å². The van der Waals surface area contributed by atoms with Crippen molar-refractivity contribution in [2.45, 2.75) is 6.92 Å². The van der Waals surface area contributed by atoms with Gasteiger partial charge >= 0.3 is 0 Å². The fourth-order valence-electron chi connectivity index (χ4n) is 1.61. The predicted molar refractivity (Wildman–Crippen MR) is 75.7 cm³/mol. The normalized spacial score (nSPS) is 10.2. The zero-order chi connectivity index (χ0) is 13.0. The van der Waals surface area contributed by atoms with Crippen LogP contribution < -0.4 is 10.2 Å². The summed E-state index contributed by atoms with van der Waals surface area (Å²) in [4.78, 5) is 10.5. The Labute approximate surface area is 112 Å². The van der Waals surface area contributed by atoms with Crippen molar-refractivity contribution in [2.24, 2.45) is 0 Å². The molecule has 1 heterocycles. The standard InChI is InChI=1S/C13H15ClN4/c1-3-15-13-16-9-11(14)12(17-13)18(2)10-7-5-4-6-8-10/h4-9H,3H2,1-2H3,(H,15,16,17). The first-order valence-electron chi connectivity index (χ1n) is 5.77. The van der Waals surface area contributed by atoms with Crippen LogP contribution in [-0.4, -0.2) is 23.6 Å². The first kappa shape index (κ1) is 12.6. The van der Waals surface area contributed by atoms with E-state index in [2.05, 4.69) is 15.3 Å². The minimum absolute atomic E-state index is 0.531. The molecule has 0 atom stereocenters. The second-order valence-corrected chi connectivity index (χ2v) is 4.20. The summed E-state index contributed by atoms with van der Waals surface area (Å²) in [6.45, 7) is 2.77. The molecule has 0 aliphatic rings. The molecule has 0 radical (unpaired) electrons. The molecule has 1 aromatic carbocycles. The lowest BCUT2D eigenvalue weighted by Crippen LogP contribution is -2.13. The quantitative estimate of drug-likeness (QED) is 0.918. The average molecular weight is 263 g/mol. The molecule has 2 rings (SSSR count). The van der Waals surface area contributed by atoms with E-state index in [0.717, 1.165) is 12.2 Å². The number of anilines is 3. The van der Waals surface area contributed by atoms with Gasteiger partial charge in [-0.3, -0.25) is 0 Å². The van der Waals surface area contributed by atoms with E-state index < -0.39 is 0 Å². The fourth-order valence-corrected chi connectivity index (χ4v) is 1.83. The van der Waals surface area contributed by atoms with Crippen LogP contribution in [0.3, 0.4) is 0 Å². The number of rotatable bonds is 4. The van der Waals surface area contributed by atoms with Gasteiger partial charge in [0.05, 0.1) is 6.20 Å². The highest BCUT2D eigenvalue weighted by Gasteiger charge is 2.11. The molecule has 0 fully saturated rings. The molecule has 1 N–H and O–H groups in total. The monoisotopic (exact) mass is 262 g/mol. The molecule has 4 nitrogen and oxygen atoms in total. The van der Waals surface area contributed by atoms with Crippen molar-refractivity contribution in [2.75, 3.05) is 23.8 Å². The third-order valence-electron chi connectivity index (χ3n) is 2.52. The van der Waals surface area contributed by atoms with Crippen LogP contribution in [0.4, 0.5) is 17.5 Å². The molecule has 2 aromatic rings. The van der Waals surface area contributed by atoms with Crippen LogP contribution in [0.2, 0.25) is 5.02 Å². The van der Waals surface area contributed by atoms with E-state index in [4.69, 9.17) is 11.6 Å². The molecule has 0 spiro atoms. The van der Waals surface area contributed by atoms with E-state index in [0.29, 0.717) is 16.8 Å². The number of nitrogens with one attached hydrogen (secondary N) is 1. The van der Waals surface area contributed by atoms with Crippen molar-refractivity contribution < 1.29 is 0 Å². The smallest absolute Gasteiger partial charge is 0.224 e. The van der Waals surface area contributed by atoms with E-state index >= 15 is 0 Å². The summed E-state index contributed by atoms with van der Waals surface area (Å²) in [6, 6.07) is 9.94. The topological polar surface area (TPSA) is 41.1 Å². The van der Waals surface area contributed by atoms with Crippen molar-refractivity contribution in [3.63, 3.8) is 0 Å². The summed E-state index contributed by atoms with van der Waals surface area (Å²) in [5.74, 6) is 1.27. The minimum atomic E-state index is 0.531. The third kappa shape index (κ3) is 2.71. The first-order valence-corrected chi connectivity index (χ1v) is 6.15. The highest BCUT2D eigenvalue weighted by molar-refractivity contribution is 6.33. The van der Waals surface area contributed by atoms with Gasteiger partial charge in [-0.1, -0.05) is 29.8 Å². The van der Waals surface area contributed by atoms with E-state index in [1.165, 1.54) is 0 Å². The zero-order valence-electron chi connectivity index (χ0n) is 10.4. The highest BCUT2D eigenvalue weighted by Crippen LogP contribution is 2.28. The van der Waals surface area contributed by atoms with Gasteiger partial charge in [0.1, 0.15) is 5.02 Å². The molecular weight excluding hydrogens is 248 g/mol. The molecule has 1 aromatic heterocycles. The Morgan fingerprint density at radius 3 is 2.67 bits per heavy atom. The van der Waals surface area contributed by atoms with Crippen molar-refractivity contribution in [1.82, 2.24) is 9.97 Å². The van der Waals surface area contributed by atoms with Crippen LogP contribution in [0.15, 0.2) is 36.5 Å².